The van der Waals surface area contributed by atoms with E-state index in [4.69, 9.17) is 16.3 Å². The third kappa shape index (κ3) is 8.59. The molecule has 15 heteroatoms. The lowest BCUT2D eigenvalue weighted by Crippen LogP contribution is -2.52. The molecule has 2 aromatic carbocycles. The van der Waals surface area contributed by atoms with E-state index in [0.29, 0.717) is 36.1 Å². The van der Waals surface area contributed by atoms with E-state index in [1.807, 2.05) is 25.8 Å². The highest BCUT2D eigenvalue weighted by Crippen LogP contribution is 2.31. The quantitative estimate of drug-likeness (QED) is 0.163. The van der Waals surface area contributed by atoms with Gasteiger partial charge in [-0.3, -0.25) is 10.1 Å². The van der Waals surface area contributed by atoms with E-state index in [1.165, 1.54) is 24.3 Å². The van der Waals surface area contributed by atoms with Gasteiger partial charge in [0.2, 0.25) is 5.95 Å². The van der Waals surface area contributed by atoms with Crippen LogP contribution >= 0.6 is 11.6 Å². The van der Waals surface area contributed by atoms with Crippen LogP contribution < -0.4 is 20.8 Å². The van der Waals surface area contributed by atoms with Crippen LogP contribution in [0.25, 0.3) is 11.3 Å². The molecule has 1 aliphatic heterocycles. The molecule has 1 atom stereocenters. The molecule has 0 unspecified atom stereocenters. The van der Waals surface area contributed by atoms with Gasteiger partial charge in [0.25, 0.3) is 10.0 Å². The largest absolute Gasteiger partial charge is 0.443 e. The predicted molar refractivity (Wildman–Crippen MR) is 175 cm³/mol. The van der Waals surface area contributed by atoms with Crippen molar-refractivity contribution in [2.45, 2.75) is 50.2 Å². The second-order valence-corrected chi connectivity index (χ2v) is 13.6. The van der Waals surface area contributed by atoms with E-state index in [-0.39, 0.29) is 27.3 Å². The van der Waals surface area contributed by atoms with E-state index in [1.54, 1.807) is 42.7 Å². The SMILES string of the molecule is CC(C)(C)OC(=O)NN1CCC[C@H](Nc2nccc(-c3cccnc3Nc3ccc(NS(=O)(=O)c4ccccc4Cl)cc3F)n2)C1. The maximum absolute atomic E-state index is 15.2. The summed E-state index contributed by atoms with van der Waals surface area (Å²) in [7, 11) is -4.03. The molecule has 242 valence electrons. The van der Waals surface area contributed by atoms with Crippen LogP contribution in [-0.2, 0) is 14.8 Å². The van der Waals surface area contributed by atoms with Gasteiger partial charge in [-0.05, 0) is 76.1 Å². The highest BCUT2D eigenvalue weighted by molar-refractivity contribution is 7.92. The van der Waals surface area contributed by atoms with Gasteiger partial charge < -0.3 is 15.4 Å². The lowest BCUT2D eigenvalue weighted by molar-refractivity contribution is 0.0289. The Kier molecular flexibility index (Phi) is 9.89. The van der Waals surface area contributed by atoms with Crippen molar-refractivity contribution in [3.8, 4) is 11.3 Å². The second kappa shape index (κ2) is 13.8. The van der Waals surface area contributed by atoms with Crippen LogP contribution in [0.4, 0.5) is 32.3 Å². The average Bonchev–Trinajstić information content (AvgIpc) is 2.98. The van der Waals surface area contributed by atoms with E-state index in [2.05, 4.69) is 35.7 Å². The van der Waals surface area contributed by atoms with Crippen LogP contribution in [0, 0.1) is 5.82 Å². The summed E-state index contributed by atoms with van der Waals surface area (Å²) in [4.78, 5) is 25.5. The minimum absolute atomic E-state index is 0.0262. The van der Waals surface area contributed by atoms with Gasteiger partial charge in [-0.15, -0.1) is 0 Å². The Hall–Kier alpha value is -4.53. The number of hydrogen-bond donors (Lipinski definition) is 4. The molecule has 2 aromatic heterocycles. The molecule has 1 aliphatic rings. The van der Waals surface area contributed by atoms with E-state index >= 15 is 4.39 Å². The second-order valence-electron chi connectivity index (χ2n) is 11.6. The number of pyridine rings is 1. The number of carbonyl (C=O) groups excluding carboxylic acids is 1. The zero-order valence-corrected chi connectivity index (χ0v) is 27.0. The van der Waals surface area contributed by atoms with Crippen molar-refractivity contribution in [2.24, 2.45) is 0 Å². The van der Waals surface area contributed by atoms with Gasteiger partial charge in [-0.2, -0.15) is 0 Å². The lowest BCUT2D eigenvalue weighted by Gasteiger charge is -2.33. The topological polar surface area (TPSA) is 150 Å². The van der Waals surface area contributed by atoms with Crippen molar-refractivity contribution in [1.29, 1.82) is 0 Å². The van der Waals surface area contributed by atoms with Crippen molar-refractivity contribution in [3.05, 3.63) is 83.9 Å². The van der Waals surface area contributed by atoms with Crippen LogP contribution in [-0.4, -0.2) is 59.2 Å². The molecule has 46 heavy (non-hydrogen) atoms. The molecule has 12 nitrogen and oxygen atoms in total. The van der Waals surface area contributed by atoms with E-state index < -0.39 is 27.5 Å². The zero-order valence-electron chi connectivity index (χ0n) is 25.4. The van der Waals surface area contributed by atoms with Gasteiger partial charge in [-0.1, -0.05) is 23.7 Å². The normalized spacial score (nSPS) is 15.5. The minimum Gasteiger partial charge on any atom is -0.443 e. The molecule has 0 aliphatic carbocycles. The predicted octanol–water partition coefficient (Wildman–Crippen LogP) is 6.19. The molecule has 4 N–H and O–H groups in total. The van der Waals surface area contributed by atoms with Crippen molar-refractivity contribution in [2.75, 3.05) is 28.4 Å². The minimum atomic E-state index is -4.03. The Morgan fingerprint density at radius 3 is 2.63 bits per heavy atom. The number of nitrogens with zero attached hydrogens (tertiary/aromatic N) is 4. The molecule has 1 saturated heterocycles. The summed E-state index contributed by atoms with van der Waals surface area (Å²) in [6, 6.07) is 15.1. The Balaban J connectivity index is 1.27. The number of piperidine rings is 1. The number of benzene rings is 2. The van der Waals surface area contributed by atoms with E-state index in [0.717, 1.165) is 18.9 Å². The number of sulfonamides is 1. The number of carbonyl (C=O) groups is 1. The first-order valence-electron chi connectivity index (χ1n) is 14.5. The number of nitrogens with one attached hydrogen (secondary N) is 4. The highest BCUT2D eigenvalue weighted by Gasteiger charge is 2.25. The monoisotopic (exact) mass is 668 g/mol. The summed E-state index contributed by atoms with van der Waals surface area (Å²) in [5.41, 5.74) is 3.43. The highest BCUT2D eigenvalue weighted by atomic mass is 35.5. The number of anilines is 4. The van der Waals surface area contributed by atoms with Crippen LogP contribution in [0.15, 0.2) is 78.0 Å². The Morgan fingerprint density at radius 2 is 1.87 bits per heavy atom. The number of amides is 1. The summed E-state index contributed by atoms with van der Waals surface area (Å²) < 4.78 is 48.5. The Bertz CT molecular complexity index is 1820. The smallest absolute Gasteiger partial charge is 0.422 e. The summed E-state index contributed by atoms with van der Waals surface area (Å²) in [5, 5.41) is 8.19. The summed E-state index contributed by atoms with van der Waals surface area (Å²) in [6.07, 6.45) is 4.36. The first kappa shape index (κ1) is 32.9. The number of hydrazine groups is 1. The van der Waals surface area contributed by atoms with Gasteiger partial charge in [0, 0.05) is 43.2 Å². The molecule has 0 radical (unpaired) electrons. The van der Waals surface area contributed by atoms with Crippen LogP contribution in [0.2, 0.25) is 5.02 Å². The molecule has 1 fully saturated rings. The molecule has 0 spiro atoms. The van der Waals surface area contributed by atoms with Crippen molar-refractivity contribution in [1.82, 2.24) is 25.4 Å². The molecule has 1 amide bonds. The lowest BCUT2D eigenvalue weighted by atomic mass is 10.1. The number of aromatic nitrogens is 3. The fraction of sp³-hybridized carbons (Fsp3) is 0.290. The number of rotatable bonds is 9. The summed E-state index contributed by atoms with van der Waals surface area (Å²) >= 11 is 6.04. The van der Waals surface area contributed by atoms with Gasteiger partial charge >= 0.3 is 6.09 Å². The van der Waals surface area contributed by atoms with Crippen LogP contribution in [0.1, 0.15) is 33.6 Å². The standard InChI is InChI=1S/C31H34ClFN8O4S/c1-31(2,3)45-30(42)39-41-17-7-8-21(19-41)36-29-35-16-14-25(38-29)22-9-6-15-34-28(22)37-26-13-12-20(18-24(26)33)40-46(43,44)27-11-5-4-10-23(27)32/h4-6,9-16,18,21,40H,7-8,17,19H2,1-3H3,(H,34,37)(H,39,42)(H,35,36,38)/t21-/m0/s1. The zero-order chi connectivity index (χ0) is 32.9. The van der Waals surface area contributed by atoms with Crippen molar-refractivity contribution < 1.29 is 22.3 Å². The fourth-order valence-electron chi connectivity index (χ4n) is 4.78. The fourth-order valence-corrected chi connectivity index (χ4v) is 6.35. The first-order chi connectivity index (χ1) is 21.9. The molecular weight excluding hydrogens is 635 g/mol. The molecular formula is C31H34ClFN8O4S. The Labute approximate surface area is 271 Å². The van der Waals surface area contributed by atoms with Gasteiger partial charge in [0.05, 0.1) is 22.1 Å². The van der Waals surface area contributed by atoms with E-state index in [9.17, 15) is 13.2 Å². The van der Waals surface area contributed by atoms with Crippen LogP contribution in [0.3, 0.4) is 0 Å². The third-order valence-corrected chi connectivity index (χ3v) is 8.62. The third-order valence-electron chi connectivity index (χ3n) is 6.74. The first-order valence-corrected chi connectivity index (χ1v) is 16.4. The maximum Gasteiger partial charge on any atom is 0.422 e. The molecule has 0 bridgehead atoms. The molecule has 3 heterocycles. The summed E-state index contributed by atoms with van der Waals surface area (Å²) in [5.74, 6) is 0.0152. The Morgan fingerprint density at radius 1 is 1.07 bits per heavy atom. The number of ether oxygens (including phenoxy) is 1. The number of hydrogen-bond acceptors (Lipinski definition) is 10. The van der Waals surface area contributed by atoms with Crippen LogP contribution in [0.5, 0.6) is 0 Å². The van der Waals surface area contributed by atoms with Crippen molar-refractivity contribution >= 4 is 50.9 Å². The van der Waals surface area contributed by atoms with Crippen molar-refractivity contribution in [3.63, 3.8) is 0 Å². The van der Waals surface area contributed by atoms with Gasteiger partial charge in [0.15, 0.2) is 0 Å². The molecule has 0 saturated carbocycles. The molecule has 4 aromatic rings. The number of halogens is 2. The average molecular weight is 669 g/mol. The van der Waals surface area contributed by atoms with Gasteiger partial charge in [0.1, 0.15) is 22.1 Å². The maximum atomic E-state index is 15.2. The van der Waals surface area contributed by atoms with Gasteiger partial charge in [-0.25, -0.2) is 37.6 Å². The summed E-state index contributed by atoms with van der Waals surface area (Å²) in [6.45, 7) is 6.64. The molecule has 5 rings (SSSR count).